The zero-order chi connectivity index (χ0) is 10.1. The molecule has 0 fully saturated rings. The van der Waals surface area contributed by atoms with E-state index in [-0.39, 0.29) is 0 Å². The van der Waals surface area contributed by atoms with Gasteiger partial charge in [0.25, 0.3) is 0 Å². The third-order valence-electron chi connectivity index (χ3n) is 2.12. The first-order valence-corrected chi connectivity index (χ1v) is 4.16. The molecule has 0 unspecified atom stereocenters. The van der Waals surface area contributed by atoms with Crippen molar-refractivity contribution in [1.29, 1.82) is 0 Å². The Morgan fingerprint density at radius 2 is 2.21 bits per heavy atom. The van der Waals surface area contributed by atoms with Gasteiger partial charge < -0.3 is 15.5 Å². The van der Waals surface area contributed by atoms with Crippen LogP contribution in [-0.4, -0.2) is 18.4 Å². The third kappa shape index (κ3) is 1.21. The molecule has 2 rings (SSSR count). The zero-order valence-corrected chi connectivity index (χ0v) is 7.70. The summed E-state index contributed by atoms with van der Waals surface area (Å²) in [5.41, 5.74) is 7.67. The number of aromatic nitrogens is 1. The summed E-state index contributed by atoms with van der Waals surface area (Å²) in [4.78, 5) is 13.5. The normalized spacial score (nSPS) is 10.4. The molecule has 0 saturated carbocycles. The second-order valence-corrected chi connectivity index (χ2v) is 3.02. The fourth-order valence-electron chi connectivity index (χ4n) is 1.44. The molecule has 72 valence electrons. The second-order valence-electron chi connectivity index (χ2n) is 3.02. The number of aromatic amines is 1. The van der Waals surface area contributed by atoms with Gasteiger partial charge in [-0.05, 0) is 12.1 Å². The third-order valence-corrected chi connectivity index (χ3v) is 2.12. The minimum absolute atomic E-state index is 0.535. The van der Waals surface area contributed by atoms with Crippen LogP contribution in [0.15, 0.2) is 18.2 Å². The van der Waals surface area contributed by atoms with E-state index in [1.807, 2.05) is 0 Å². The van der Waals surface area contributed by atoms with E-state index < -0.39 is 0 Å². The van der Waals surface area contributed by atoms with Crippen molar-refractivity contribution in [1.82, 2.24) is 4.98 Å². The monoisotopic (exact) mass is 190 g/mol. The van der Waals surface area contributed by atoms with Crippen LogP contribution in [0.3, 0.4) is 0 Å². The van der Waals surface area contributed by atoms with Crippen LogP contribution in [-0.2, 0) is 0 Å². The van der Waals surface area contributed by atoms with Crippen molar-refractivity contribution >= 4 is 22.9 Å². The minimum atomic E-state index is 0.535. The largest absolute Gasteiger partial charge is 0.495 e. The maximum absolute atomic E-state index is 10.5. The molecule has 0 aliphatic carbocycles. The van der Waals surface area contributed by atoms with Crippen molar-refractivity contribution in [2.24, 2.45) is 0 Å². The van der Waals surface area contributed by atoms with Gasteiger partial charge in [-0.1, -0.05) is 0 Å². The van der Waals surface area contributed by atoms with Gasteiger partial charge in [-0.2, -0.15) is 0 Å². The van der Waals surface area contributed by atoms with E-state index in [9.17, 15) is 4.79 Å². The number of fused-ring (bicyclic) bond motifs is 1. The molecule has 1 heterocycles. The maximum atomic E-state index is 10.5. The predicted octanol–water partition coefficient (Wildman–Crippen LogP) is 1.57. The molecule has 3 N–H and O–H groups in total. The Morgan fingerprint density at radius 1 is 1.43 bits per heavy atom. The van der Waals surface area contributed by atoms with Gasteiger partial charge in [-0.15, -0.1) is 0 Å². The van der Waals surface area contributed by atoms with Gasteiger partial charge >= 0.3 is 0 Å². The van der Waals surface area contributed by atoms with Crippen LogP contribution >= 0.6 is 0 Å². The Hall–Kier alpha value is -1.97. The number of ether oxygens (including phenoxy) is 1. The van der Waals surface area contributed by atoms with Crippen molar-refractivity contribution < 1.29 is 9.53 Å². The van der Waals surface area contributed by atoms with Gasteiger partial charge in [0.2, 0.25) is 0 Å². The Balaban J connectivity index is 2.69. The summed E-state index contributed by atoms with van der Waals surface area (Å²) in [6.07, 6.45) is 0.767. The van der Waals surface area contributed by atoms with E-state index in [0.29, 0.717) is 17.1 Å². The first kappa shape index (κ1) is 8.62. The van der Waals surface area contributed by atoms with Crippen LogP contribution in [0.25, 0.3) is 10.9 Å². The van der Waals surface area contributed by atoms with Crippen LogP contribution in [0.5, 0.6) is 5.75 Å². The number of rotatable bonds is 2. The highest BCUT2D eigenvalue weighted by molar-refractivity contribution is 5.91. The number of aldehydes is 1. The van der Waals surface area contributed by atoms with Gasteiger partial charge in [0.1, 0.15) is 5.75 Å². The average Bonchev–Trinajstić information content (AvgIpc) is 2.58. The molecule has 0 spiro atoms. The molecule has 0 aliphatic heterocycles. The SMILES string of the molecule is COc1cc2[nH]c(C=O)cc2cc1N. The van der Waals surface area contributed by atoms with Crippen molar-refractivity contribution in [3.8, 4) is 5.75 Å². The summed E-state index contributed by atoms with van der Waals surface area (Å²) >= 11 is 0. The summed E-state index contributed by atoms with van der Waals surface area (Å²) in [5.74, 6) is 0.608. The van der Waals surface area contributed by atoms with Crippen LogP contribution in [0.4, 0.5) is 5.69 Å². The van der Waals surface area contributed by atoms with Gasteiger partial charge in [0.05, 0.1) is 18.5 Å². The van der Waals surface area contributed by atoms with Gasteiger partial charge in [-0.25, -0.2) is 0 Å². The number of carbonyl (C=O) groups is 1. The lowest BCUT2D eigenvalue weighted by atomic mass is 10.2. The number of methoxy groups -OCH3 is 1. The molecule has 2 aromatic rings. The van der Waals surface area contributed by atoms with Crippen LogP contribution in [0, 0.1) is 0 Å². The average molecular weight is 190 g/mol. The smallest absolute Gasteiger partial charge is 0.166 e. The quantitative estimate of drug-likeness (QED) is 0.558. The highest BCUT2D eigenvalue weighted by Gasteiger charge is 2.04. The molecule has 0 bridgehead atoms. The fraction of sp³-hybridized carbons (Fsp3) is 0.100. The van der Waals surface area contributed by atoms with E-state index in [0.717, 1.165) is 17.2 Å². The second kappa shape index (κ2) is 3.06. The van der Waals surface area contributed by atoms with Crippen molar-refractivity contribution in [3.05, 3.63) is 23.9 Å². The van der Waals surface area contributed by atoms with E-state index in [1.165, 1.54) is 0 Å². The van der Waals surface area contributed by atoms with Gasteiger partial charge in [-0.3, -0.25) is 4.79 Å². The number of nitrogens with one attached hydrogen (secondary N) is 1. The van der Waals surface area contributed by atoms with E-state index in [1.54, 1.807) is 25.3 Å². The number of nitrogen functional groups attached to an aromatic ring is 1. The van der Waals surface area contributed by atoms with E-state index in [4.69, 9.17) is 10.5 Å². The van der Waals surface area contributed by atoms with Gasteiger partial charge in [0, 0.05) is 17.0 Å². The lowest BCUT2D eigenvalue weighted by molar-refractivity contribution is 0.112. The number of anilines is 1. The molecule has 0 aliphatic rings. The van der Waals surface area contributed by atoms with Crippen molar-refractivity contribution in [3.63, 3.8) is 0 Å². The number of nitrogens with two attached hydrogens (primary N) is 1. The van der Waals surface area contributed by atoms with Crippen molar-refractivity contribution in [2.75, 3.05) is 12.8 Å². The lowest BCUT2D eigenvalue weighted by Gasteiger charge is -2.03. The molecule has 0 atom stereocenters. The zero-order valence-electron chi connectivity index (χ0n) is 7.70. The van der Waals surface area contributed by atoms with E-state index >= 15 is 0 Å². The van der Waals surface area contributed by atoms with E-state index in [2.05, 4.69) is 4.98 Å². The molecule has 4 nitrogen and oxygen atoms in total. The Morgan fingerprint density at radius 3 is 2.86 bits per heavy atom. The molecular weight excluding hydrogens is 180 g/mol. The maximum Gasteiger partial charge on any atom is 0.166 e. The number of H-pyrrole nitrogens is 1. The molecule has 4 heteroatoms. The molecule has 0 amide bonds. The summed E-state index contributed by atoms with van der Waals surface area (Å²) in [6, 6.07) is 5.30. The first-order chi connectivity index (χ1) is 6.74. The molecule has 1 aromatic heterocycles. The van der Waals surface area contributed by atoms with Crippen LogP contribution < -0.4 is 10.5 Å². The molecule has 14 heavy (non-hydrogen) atoms. The van der Waals surface area contributed by atoms with Crippen LogP contribution in [0.2, 0.25) is 0 Å². The fourth-order valence-corrected chi connectivity index (χ4v) is 1.44. The highest BCUT2D eigenvalue weighted by Crippen LogP contribution is 2.27. The molecule has 0 radical (unpaired) electrons. The number of benzene rings is 1. The standard InChI is InChI=1S/C10H10N2O2/c1-14-10-4-9-6(3-8(10)11)2-7(5-13)12-9/h2-5,12H,11H2,1H3. The topological polar surface area (TPSA) is 68.1 Å². The Kier molecular flexibility index (Phi) is 1.89. The number of hydrogen-bond donors (Lipinski definition) is 2. The summed E-state index contributed by atoms with van der Waals surface area (Å²) in [7, 11) is 1.56. The minimum Gasteiger partial charge on any atom is -0.495 e. The number of hydrogen-bond acceptors (Lipinski definition) is 3. The molecular formula is C10H10N2O2. The Bertz CT molecular complexity index is 488. The van der Waals surface area contributed by atoms with Crippen LogP contribution in [0.1, 0.15) is 10.5 Å². The molecule has 0 saturated heterocycles. The summed E-state index contributed by atoms with van der Waals surface area (Å²) in [5, 5.41) is 0.908. The van der Waals surface area contributed by atoms with Crippen molar-refractivity contribution in [2.45, 2.75) is 0 Å². The predicted molar refractivity (Wildman–Crippen MR) is 54.7 cm³/mol. The summed E-state index contributed by atoms with van der Waals surface area (Å²) in [6.45, 7) is 0. The Labute approximate surface area is 80.7 Å². The highest BCUT2D eigenvalue weighted by atomic mass is 16.5. The first-order valence-electron chi connectivity index (χ1n) is 4.16. The summed E-state index contributed by atoms with van der Waals surface area (Å²) < 4.78 is 5.06. The van der Waals surface area contributed by atoms with Gasteiger partial charge in [0.15, 0.2) is 6.29 Å². The lowest BCUT2D eigenvalue weighted by Crippen LogP contribution is -1.91. The molecule has 1 aromatic carbocycles. The number of carbonyl (C=O) groups excluding carboxylic acids is 1.